The van der Waals surface area contributed by atoms with Gasteiger partial charge < -0.3 is 28.4 Å². The van der Waals surface area contributed by atoms with Crippen LogP contribution in [0.1, 0.15) is 11.1 Å². The molecule has 2 nitrogen and oxygen atoms in total. The molecule has 2 aromatic heterocycles. The number of nitrogens with zero attached hydrogens (tertiary/aromatic N) is 2. The van der Waals surface area contributed by atoms with Gasteiger partial charge in [0.05, 0.1) is 5.69 Å². The Morgan fingerprint density at radius 3 is 2.53 bits per heavy atom. The molecular weight excluding hydrogens is 415 g/mol. The van der Waals surface area contributed by atoms with Gasteiger partial charge in [0.25, 0.3) is 0 Å². The molecule has 0 saturated carbocycles. The number of imidazole rings is 1. The number of hydrogen-bond donors (Lipinski definition) is 0. The second-order valence-corrected chi connectivity index (χ2v) is 5.45. The lowest BCUT2D eigenvalue weighted by Crippen LogP contribution is -3.00. The third-order valence-corrected chi connectivity index (χ3v) is 3.69. The van der Waals surface area contributed by atoms with Crippen LogP contribution < -0.4 is 24.0 Å². The molecule has 0 aliphatic heterocycles. The van der Waals surface area contributed by atoms with Gasteiger partial charge in [-0.25, -0.2) is 4.98 Å². The standard InChI is InChI=1S/C15H13BrN2.HI/c1-10-3-4-12(7-11(10)2)14-9-18-8-13(16)5-6-15(18)17-14;/h3-9H,1-2H3;1H/p-1. The summed E-state index contributed by atoms with van der Waals surface area (Å²) in [5.74, 6) is 0. The normalized spacial score (nSPS) is 10.5. The molecule has 98 valence electrons. The second-order valence-electron chi connectivity index (χ2n) is 4.54. The Morgan fingerprint density at radius 2 is 1.79 bits per heavy atom. The van der Waals surface area contributed by atoms with Crippen LogP contribution in [0.3, 0.4) is 0 Å². The first kappa shape index (κ1) is 14.5. The van der Waals surface area contributed by atoms with Crippen molar-refractivity contribution in [2.75, 3.05) is 0 Å². The predicted octanol–water partition coefficient (Wildman–Crippen LogP) is 1.38. The number of benzene rings is 1. The molecule has 19 heavy (non-hydrogen) atoms. The molecule has 0 bridgehead atoms. The number of aromatic nitrogens is 2. The lowest BCUT2D eigenvalue weighted by Gasteiger charge is -2.01. The summed E-state index contributed by atoms with van der Waals surface area (Å²) in [6.45, 7) is 4.26. The van der Waals surface area contributed by atoms with Crippen LogP contribution in [0.4, 0.5) is 0 Å². The fourth-order valence-electron chi connectivity index (χ4n) is 2.00. The van der Waals surface area contributed by atoms with E-state index in [-0.39, 0.29) is 24.0 Å². The van der Waals surface area contributed by atoms with Crippen molar-refractivity contribution in [3.05, 3.63) is 58.3 Å². The molecule has 0 saturated heterocycles. The summed E-state index contributed by atoms with van der Waals surface area (Å²) >= 11 is 3.47. The van der Waals surface area contributed by atoms with Crippen molar-refractivity contribution in [3.63, 3.8) is 0 Å². The fraction of sp³-hybridized carbons (Fsp3) is 0.133. The molecular formula is C15H13BrIN2-. The molecule has 0 spiro atoms. The van der Waals surface area contributed by atoms with Gasteiger partial charge in [-0.05, 0) is 59.1 Å². The summed E-state index contributed by atoms with van der Waals surface area (Å²) in [4.78, 5) is 4.64. The van der Waals surface area contributed by atoms with Crippen molar-refractivity contribution < 1.29 is 24.0 Å². The number of rotatable bonds is 1. The third-order valence-electron chi connectivity index (χ3n) is 3.22. The van der Waals surface area contributed by atoms with E-state index in [1.807, 2.05) is 22.7 Å². The molecule has 0 aliphatic rings. The van der Waals surface area contributed by atoms with Crippen LogP contribution in [0.2, 0.25) is 0 Å². The van der Waals surface area contributed by atoms with Gasteiger partial charge in [-0.1, -0.05) is 12.1 Å². The SMILES string of the molecule is Cc1ccc(-c2cn3cc(Br)ccc3n2)cc1C.[I-]. The zero-order valence-electron chi connectivity index (χ0n) is 10.7. The minimum absolute atomic E-state index is 0. The minimum atomic E-state index is 0. The average Bonchev–Trinajstić information content (AvgIpc) is 2.75. The van der Waals surface area contributed by atoms with Gasteiger partial charge in [0.2, 0.25) is 0 Å². The summed E-state index contributed by atoms with van der Waals surface area (Å²) in [6, 6.07) is 10.5. The van der Waals surface area contributed by atoms with Crippen molar-refractivity contribution in [2.24, 2.45) is 0 Å². The van der Waals surface area contributed by atoms with E-state index < -0.39 is 0 Å². The Balaban J connectivity index is 0.00000133. The number of pyridine rings is 1. The van der Waals surface area contributed by atoms with E-state index in [9.17, 15) is 0 Å². The molecule has 0 unspecified atom stereocenters. The van der Waals surface area contributed by atoms with Crippen LogP contribution in [0.15, 0.2) is 47.2 Å². The maximum Gasteiger partial charge on any atom is 0.137 e. The highest BCUT2D eigenvalue weighted by atomic mass is 127. The van der Waals surface area contributed by atoms with Crippen molar-refractivity contribution >= 4 is 21.6 Å². The quantitative estimate of drug-likeness (QED) is 0.536. The fourth-order valence-corrected chi connectivity index (χ4v) is 2.36. The molecule has 0 radical (unpaired) electrons. The Morgan fingerprint density at radius 1 is 1.00 bits per heavy atom. The summed E-state index contributed by atoms with van der Waals surface area (Å²) in [6.07, 6.45) is 4.08. The van der Waals surface area contributed by atoms with Gasteiger partial charge in [0.15, 0.2) is 0 Å². The van der Waals surface area contributed by atoms with Crippen LogP contribution in [-0.2, 0) is 0 Å². The summed E-state index contributed by atoms with van der Waals surface area (Å²) in [7, 11) is 0. The zero-order valence-corrected chi connectivity index (χ0v) is 14.4. The number of hydrogen-bond acceptors (Lipinski definition) is 1. The van der Waals surface area contributed by atoms with Crippen LogP contribution >= 0.6 is 15.9 Å². The molecule has 1 aromatic carbocycles. The zero-order chi connectivity index (χ0) is 12.7. The van der Waals surface area contributed by atoms with E-state index in [1.165, 1.54) is 11.1 Å². The summed E-state index contributed by atoms with van der Waals surface area (Å²) in [5, 5.41) is 0. The Labute approximate surface area is 138 Å². The molecule has 0 N–H and O–H groups in total. The first-order valence-electron chi connectivity index (χ1n) is 5.85. The van der Waals surface area contributed by atoms with E-state index in [2.05, 4.69) is 59.2 Å². The van der Waals surface area contributed by atoms with Gasteiger partial charge in [-0.15, -0.1) is 0 Å². The average molecular weight is 428 g/mol. The first-order valence-corrected chi connectivity index (χ1v) is 6.65. The highest BCUT2D eigenvalue weighted by Gasteiger charge is 2.05. The molecule has 0 atom stereocenters. The van der Waals surface area contributed by atoms with Crippen molar-refractivity contribution in [2.45, 2.75) is 13.8 Å². The molecule has 2 heterocycles. The maximum atomic E-state index is 4.64. The van der Waals surface area contributed by atoms with Gasteiger partial charge in [0, 0.05) is 22.4 Å². The number of halogens is 2. The topological polar surface area (TPSA) is 17.3 Å². The molecule has 0 aliphatic carbocycles. The Bertz CT molecular complexity index is 734. The highest BCUT2D eigenvalue weighted by molar-refractivity contribution is 9.10. The van der Waals surface area contributed by atoms with Gasteiger partial charge in [-0.3, -0.25) is 0 Å². The molecule has 3 rings (SSSR count). The lowest BCUT2D eigenvalue weighted by atomic mass is 10.1. The molecule has 3 aromatic rings. The van der Waals surface area contributed by atoms with E-state index in [0.717, 1.165) is 21.4 Å². The highest BCUT2D eigenvalue weighted by Crippen LogP contribution is 2.22. The van der Waals surface area contributed by atoms with Crippen LogP contribution in [-0.4, -0.2) is 9.38 Å². The van der Waals surface area contributed by atoms with Crippen molar-refractivity contribution in [1.82, 2.24) is 9.38 Å². The summed E-state index contributed by atoms with van der Waals surface area (Å²) in [5.41, 5.74) is 5.75. The molecule has 0 amide bonds. The minimum Gasteiger partial charge on any atom is -1.00 e. The van der Waals surface area contributed by atoms with Crippen molar-refractivity contribution in [3.8, 4) is 11.3 Å². The lowest BCUT2D eigenvalue weighted by molar-refractivity contribution is -0.00000367. The van der Waals surface area contributed by atoms with E-state index in [0.29, 0.717) is 0 Å². The second kappa shape index (κ2) is 5.63. The third kappa shape index (κ3) is 2.84. The smallest absolute Gasteiger partial charge is 0.137 e. The van der Waals surface area contributed by atoms with E-state index in [4.69, 9.17) is 0 Å². The van der Waals surface area contributed by atoms with Crippen LogP contribution in [0.5, 0.6) is 0 Å². The van der Waals surface area contributed by atoms with E-state index in [1.54, 1.807) is 0 Å². The molecule has 4 heteroatoms. The van der Waals surface area contributed by atoms with Gasteiger partial charge in [0.1, 0.15) is 5.65 Å². The first-order chi connectivity index (χ1) is 8.63. The van der Waals surface area contributed by atoms with Crippen LogP contribution in [0.25, 0.3) is 16.9 Å². The summed E-state index contributed by atoms with van der Waals surface area (Å²) < 4.78 is 3.09. The largest absolute Gasteiger partial charge is 1.00 e. The number of fused-ring (bicyclic) bond motifs is 1. The van der Waals surface area contributed by atoms with Gasteiger partial charge >= 0.3 is 0 Å². The Hall–Kier alpha value is -0.880. The van der Waals surface area contributed by atoms with Crippen molar-refractivity contribution in [1.29, 1.82) is 0 Å². The maximum absolute atomic E-state index is 4.64. The Kier molecular flexibility index (Phi) is 4.30. The predicted molar refractivity (Wildman–Crippen MR) is 77.8 cm³/mol. The monoisotopic (exact) mass is 427 g/mol. The van der Waals surface area contributed by atoms with Crippen LogP contribution in [0, 0.1) is 13.8 Å². The van der Waals surface area contributed by atoms with E-state index >= 15 is 0 Å². The molecule has 0 fully saturated rings. The number of aryl methyl sites for hydroxylation is 2. The van der Waals surface area contributed by atoms with Gasteiger partial charge in [-0.2, -0.15) is 0 Å².